The van der Waals surface area contributed by atoms with Crippen molar-refractivity contribution in [3.63, 3.8) is 0 Å². The molecule has 0 bridgehead atoms. The molecule has 91 heavy (non-hydrogen) atoms. The normalized spacial score (nSPS) is 16.6. The number of nitrogens with two attached hydrogens (primary N) is 1. The van der Waals surface area contributed by atoms with Gasteiger partial charge in [-0.3, -0.25) is 0 Å². The lowest BCUT2D eigenvalue weighted by molar-refractivity contribution is 0.0448. The van der Waals surface area contributed by atoms with Crippen molar-refractivity contribution in [2.45, 2.75) is 129 Å². The Hall–Kier alpha value is -8.17. The van der Waals surface area contributed by atoms with Crippen molar-refractivity contribution in [2.75, 3.05) is 68.9 Å². The lowest BCUT2D eigenvalue weighted by Gasteiger charge is -2.34. The number of hydrogen-bond donors (Lipinski definition) is 6. The van der Waals surface area contributed by atoms with E-state index in [2.05, 4.69) is 68.7 Å². The number of benzene rings is 2. The fraction of sp³-hybridized carbons (Fsp3) is 0.429. The van der Waals surface area contributed by atoms with Crippen LogP contribution in [0.15, 0.2) is 104 Å². The second kappa shape index (κ2) is 28.6. The van der Waals surface area contributed by atoms with E-state index in [9.17, 15) is 15.3 Å². The number of halogens is 3. The Kier molecular flexibility index (Phi) is 21.1. The van der Waals surface area contributed by atoms with Crippen LogP contribution in [0.4, 0.5) is 29.2 Å². The van der Waals surface area contributed by atoms with E-state index < -0.39 is 16.8 Å². The van der Waals surface area contributed by atoms with Crippen molar-refractivity contribution >= 4 is 80.6 Å². The molecule has 0 radical (unpaired) electrons. The first-order valence-electron chi connectivity index (χ1n) is 29.8. The molecule has 3 saturated heterocycles. The van der Waals surface area contributed by atoms with Crippen LogP contribution < -0.4 is 45.1 Å². The Morgan fingerprint density at radius 1 is 0.593 bits per heavy atom. The van der Waals surface area contributed by atoms with Crippen molar-refractivity contribution in [2.24, 2.45) is 0 Å². The standard InChI is InChI=1S/C25H31N7O2.C13H17ClN4O.C12H15N3O3.C7H15NO.C6H3Cl2N3/c1-16-12-18(13-20(34-5)17(16)2)30-14-22(26-15-30)27-24-28-23(19-8-6-11-32(19)29-24)31-10-7-9-21(31)25(3,4)33;1-13(2,19)10-6-4-7-17(10)11-9-5-3-8-18(9)16-12(14)15-11;1-16-9-4-8(15-6-11(13)14-7-15)5-10(17-2)12(9)18-3;1-7(2,9)6-4-3-5-8-6;7-5-4-2-1-3-11(4)10-6(8)9-5/h6,8,11-15,21,33H,7,9-10H2,1-5H3,(H,27,29);3,5,8,10,19H,4,6-7H2,1-2H3;4-7H,13H2,1-3H3;6,8-9H,3-5H2,1-2H3;1-3H/t21-;10-;;6-;/m00.0./s1. The first-order valence-corrected chi connectivity index (χ1v) is 30.9. The zero-order valence-electron chi connectivity index (χ0n) is 53.3. The van der Waals surface area contributed by atoms with Crippen LogP contribution in [0.2, 0.25) is 15.7 Å². The molecule has 3 aliphatic heterocycles. The molecule has 11 heterocycles. The first kappa shape index (κ1) is 67.2. The number of fused-ring (bicyclic) bond motifs is 3. The van der Waals surface area contributed by atoms with Crippen molar-refractivity contribution in [1.29, 1.82) is 0 Å². The van der Waals surface area contributed by atoms with Gasteiger partial charge in [-0.15, -0.1) is 15.3 Å². The molecular formula is C63H81Cl3N18O7. The summed E-state index contributed by atoms with van der Waals surface area (Å²) >= 11 is 17.3. The number of nitrogens with zero attached hydrogens (tertiary/aromatic N) is 15. The van der Waals surface area contributed by atoms with Crippen LogP contribution in [0.25, 0.3) is 27.9 Å². The van der Waals surface area contributed by atoms with Gasteiger partial charge in [0.25, 0.3) is 0 Å². The molecule has 13 rings (SSSR count). The van der Waals surface area contributed by atoms with E-state index in [4.69, 9.17) is 64.5 Å². The summed E-state index contributed by atoms with van der Waals surface area (Å²) in [4.78, 5) is 25.8. The van der Waals surface area contributed by atoms with Crippen LogP contribution in [0.3, 0.4) is 0 Å². The van der Waals surface area contributed by atoms with Gasteiger partial charge in [-0.25, -0.2) is 28.5 Å². The Balaban J connectivity index is 0.000000146. The Bertz CT molecular complexity index is 4040. The fourth-order valence-electron chi connectivity index (χ4n) is 11.5. The maximum atomic E-state index is 10.7. The minimum absolute atomic E-state index is 0.00656. The summed E-state index contributed by atoms with van der Waals surface area (Å²) in [6.07, 6.45) is 18.8. The van der Waals surface area contributed by atoms with E-state index in [1.807, 2.05) is 131 Å². The number of aryl methyl sites for hydroxylation is 1. The summed E-state index contributed by atoms with van der Waals surface area (Å²) in [5.74, 6) is 5.70. The molecule has 0 unspecified atom stereocenters. The monoisotopic (exact) mass is 1310 g/mol. The average molecular weight is 1310 g/mol. The van der Waals surface area contributed by atoms with E-state index in [0.29, 0.717) is 46.0 Å². The van der Waals surface area contributed by atoms with Crippen molar-refractivity contribution in [1.82, 2.24) is 68.2 Å². The van der Waals surface area contributed by atoms with Gasteiger partial charge in [-0.1, -0.05) is 11.6 Å². The smallest absolute Gasteiger partial charge is 0.248 e. The molecule has 10 aromatic rings. The van der Waals surface area contributed by atoms with Gasteiger partial charge in [0.1, 0.15) is 40.8 Å². The topological polar surface area (TPSA) is 280 Å². The van der Waals surface area contributed by atoms with E-state index >= 15 is 0 Å². The molecule has 3 atom stereocenters. The highest BCUT2D eigenvalue weighted by Crippen LogP contribution is 2.40. The third-order valence-electron chi connectivity index (χ3n) is 16.1. The van der Waals surface area contributed by atoms with Gasteiger partial charge in [-0.05, 0) is 177 Å². The predicted octanol–water partition coefficient (Wildman–Crippen LogP) is 10.2. The van der Waals surface area contributed by atoms with E-state index in [1.54, 1.807) is 67.1 Å². The molecule has 25 nitrogen and oxygen atoms in total. The minimum atomic E-state index is -0.829. The number of imidazole rings is 2. The Labute approximate surface area is 543 Å². The summed E-state index contributed by atoms with van der Waals surface area (Å²) < 4.78 is 30.2. The van der Waals surface area contributed by atoms with Crippen LogP contribution in [-0.2, 0) is 0 Å². The first-order chi connectivity index (χ1) is 43.3. The van der Waals surface area contributed by atoms with Crippen LogP contribution in [0.5, 0.6) is 23.0 Å². The molecule has 3 fully saturated rings. The van der Waals surface area contributed by atoms with E-state index in [-0.39, 0.29) is 22.7 Å². The zero-order chi connectivity index (χ0) is 65.5. The van der Waals surface area contributed by atoms with Gasteiger partial charge in [0.15, 0.2) is 34.1 Å². The molecule has 3 aliphatic rings. The highest BCUT2D eigenvalue weighted by atomic mass is 35.5. The zero-order valence-corrected chi connectivity index (χ0v) is 55.6. The van der Waals surface area contributed by atoms with Crippen molar-refractivity contribution < 1.29 is 34.3 Å². The third-order valence-corrected chi connectivity index (χ3v) is 16.7. The number of methoxy groups -OCH3 is 4. The molecular weight excluding hydrogens is 1230 g/mol. The maximum absolute atomic E-state index is 10.7. The minimum Gasteiger partial charge on any atom is -0.496 e. The van der Waals surface area contributed by atoms with Crippen molar-refractivity contribution in [3.05, 3.63) is 131 Å². The summed E-state index contributed by atoms with van der Waals surface area (Å²) in [6.45, 7) is 18.0. The second-order valence-corrected chi connectivity index (χ2v) is 25.0. The summed E-state index contributed by atoms with van der Waals surface area (Å²) in [5.41, 5.74) is 10.1. The second-order valence-electron chi connectivity index (χ2n) is 23.9. The number of ether oxygens (including phenoxy) is 4. The summed E-state index contributed by atoms with van der Waals surface area (Å²) in [5, 5.41) is 50.4. The number of aromatic nitrogens is 13. The SMILES string of the molecule is CC(C)(O)[C@@H]1CCCN1.CC(C)(O)[C@@H]1CCCN1c1nc(Cl)nn2cccc12.COc1cc(-n2cnc(N)c2)cc(OC)c1OC.COc1cc(-n2cnc(Nc3nc(N4CCC[C@H]4C(C)(C)O)c4cccn4n3)c2)cc(C)c1C.Clc1nc(Cl)c2cccn2n1. The van der Waals surface area contributed by atoms with E-state index in [0.717, 1.165) is 108 Å². The van der Waals surface area contributed by atoms with E-state index in [1.165, 1.54) is 6.42 Å². The largest absolute Gasteiger partial charge is 0.496 e. The summed E-state index contributed by atoms with van der Waals surface area (Å²) in [6, 6.07) is 19.6. The molecule has 7 N–H and O–H groups in total. The summed E-state index contributed by atoms with van der Waals surface area (Å²) in [7, 11) is 6.39. The molecule has 486 valence electrons. The van der Waals surface area contributed by atoms with Crippen LogP contribution in [0.1, 0.15) is 91.2 Å². The number of rotatable bonds is 13. The quantitative estimate of drug-likeness (QED) is 0.0626. The molecule has 0 saturated carbocycles. The van der Waals surface area contributed by atoms with Gasteiger partial charge in [0, 0.05) is 55.9 Å². The van der Waals surface area contributed by atoms with Crippen molar-refractivity contribution in [3.8, 4) is 34.4 Å². The molecule has 0 amide bonds. The van der Waals surface area contributed by atoms with Gasteiger partial charge >= 0.3 is 0 Å². The van der Waals surface area contributed by atoms with Gasteiger partial charge in [-0.2, -0.15) is 9.97 Å². The van der Waals surface area contributed by atoms with Crippen LogP contribution in [-0.4, -0.2) is 161 Å². The number of nitrogens with one attached hydrogen (secondary N) is 2. The van der Waals surface area contributed by atoms with Gasteiger partial charge in [0.05, 0.1) is 81.1 Å². The highest BCUT2D eigenvalue weighted by Gasteiger charge is 2.39. The average Bonchev–Trinajstić information content (AvgIpc) is 1.75. The van der Waals surface area contributed by atoms with Gasteiger partial charge in [0.2, 0.25) is 22.3 Å². The molecule has 0 aliphatic carbocycles. The van der Waals surface area contributed by atoms with Crippen LogP contribution >= 0.6 is 34.8 Å². The fourth-order valence-corrected chi connectivity index (χ4v) is 12.1. The number of aliphatic hydroxyl groups is 3. The highest BCUT2D eigenvalue weighted by molar-refractivity contribution is 6.34. The molecule has 8 aromatic heterocycles. The number of hydrogen-bond acceptors (Lipinski definition) is 20. The Morgan fingerprint density at radius 2 is 1.10 bits per heavy atom. The van der Waals surface area contributed by atoms with Gasteiger partial charge < -0.3 is 69.6 Å². The third kappa shape index (κ3) is 15.9. The molecule has 0 spiro atoms. The maximum Gasteiger partial charge on any atom is 0.248 e. The lowest BCUT2D eigenvalue weighted by Crippen LogP contribution is -2.46. The molecule has 2 aromatic carbocycles. The number of anilines is 5. The molecule has 28 heteroatoms. The Morgan fingerprint density at radius 3 is 1.60 bits per heavy atom. The lowest BCUT2D eigenvalue weighted by atomic mass is 9.96. The predicted molar refractivity (Wildman–Crippen MR) is 355 cm³/mol. The van der Waals surface area contributed by atoms with Crippen LogP contribution in [0, 0.1) is 13.8 Å². The number of nitrogen functional groups attached to an aromatic ring is 1.